The molecule has 1 aliphatic heterocycles. The second kappa shape index (κ2) is 6.37. The van der Waals surface area contributed by atoms with E-state index < -0.39 is 16.2 Å². The average Bonchev–Trinajstić information content (AvgIpc) is 2.48. The summed E-state index contributed by atoms with van der Waals surface area (Å²) < 4.78 is 26.4. The van der Waals surface area contributed by atoms with Crippen LogP contribution in [-0.2, 0) is 14.8 Å². The minimum atomic E-state index is -3.81. The van der Waals surface area contributed by atoms with Crippen molar-refractivity contribution in [2.24, 2.45) is 4.99 Å². The lowest BCUT2D eigenvalue weighted by Gasteiger charge is -2.31. The van der Waals surface area contributed by atoms with Crippen LogP contribution in [0, 0.1) is 11.3 Å². The van der Waals surface area contributed by atoms with E-state index in [2.05, 4.69) is 4.99 Å². The second-order valence-electron chi connectivity index (χ2n) is 4.57. The zero-order valence-electron chi connectivity index (χ0n) is 11.0. The fourth-order valence-electron chi connectivity index (χ4n) is 2.24. The Morgan fingerprint density at radius 2 is 2.14 bits per heavy atom. The quantitative estimate of drug-likeness (QED) is 0.628. The van der Waals surface area contributed by atoms with E-state index in [-0.39, 0.29) is 22.0 Å². The third-order valence-corrected chi connectivity index (χ3v) is 5.50. The maximum absolute atomic E-state index is 12.6. The van der Waals surface area contributed by atoms with Crippen LogP contribution >= 0.6 is 11.6 Å². The SMILES string of the molecule is N#Cc1ccc(S(=O)(=O)N2CCCCC2N=C=O)cc1Cl. The number of nitriles is 1. The smallest absolute Gasteiger partial charge is 0.211 e. The van der Waals surface area contributed by atoms with Crippen molar-refractivity contribution < 1.29 is 13.2 Å². The highest BCUT2D eigenvalue weighted by Crippen LogP contribution is 2.28. The van der Waals surface area contributed by atoms with Crippen molar-refractivity contribution in [2.45, 2.75) is 30.3 Å². The highest BCUT2D eigenvalue weighted by Gasteiger charge is 2.33. The van der Waals surface area contributed by atoms with Crippen LogP contribution in [0.15, 0.2) is 28.1 Å². The van der Waals surface area contributed by atoms with Crippen molar-refractivity contribution in [1.29, 1.82) is 5.26 Å². The van der Waals surface area contributed by atoms with Crippen molar-refractivity contribution in [3.05, 3.63) is 28.8 Å². The summed E-state index contributed by atoms with van der Waals surface area (Å²) in [5.74, 6) is 0. The Labute approximate surface area is 127 Å². The predicted octanol–water partition coefficient (Wildman–Crippen LogP) is 2.05. The summed E-state index contributed by atoms with van der Waals surface area (Å²) in [4.78, 5) is 14.0. The molecule has 1 aromatic rings. The van der Waals surface area contributed by atoms with Crippen molar-refractivity contribution in [3.8, 4) is 6.07 Å². The number of hydrogen-bond donors (Lipinski definition) is 0. The highest BCUT2D eigenvalue weighted by molar-refractivity contribution is 7.89. The van der Waals surface area contributed by atoms with Crippen LogP contribution in [0.1, 0.15) is 24.8 Å². The summed E-state index contributed by atoms with van der Waals surface area (Å²) in [5.41, 5.74) is 0.205. The van der Waals surface area contributed by atoms with Gasteiger partial charge in [0.1, 0.15) is 12.2 Å². The van der Waals surface area contributed by atoms with Crippen LogP contribution in [0.3, 0.4) is 0 Å². The van der Waals surface area contributed by atoms with Crippen molar-refractivity contribution in [3.63, 3.8) is 0 Å². The molecule has 1 heterocycles. The van der Waals surface area contributed by atoms with Gasteiger partial charge in [-0.25, -0.2) is 13.2 Å². The monoisotopic (exact) mass is 325 g/mol. The molecule has 0 radical (unpaired) electrons. The Kier molecular flexibility index (Phi) is 4.76. The summed E-state index contributed by atoms with van der Waals surface area (Å²) in [6, 6.07) is 5.80. The van der Waals surface area contributed by atoms with E-state index in [0.717, 1.165) is 6.42 Å². The largest absolute Gasteiger partial charge is 0.244 e. The topological polar surface area (TPSA) is 90.6 Å². The molecule has 110 valence electrons. The van der Waals surface area contributed by atoms with Gasteiger partial charge in [0.2, 0.25) is 16.1 Å². The van der Waals surface area contributed by atoms with Crippen LogP contribution < -0.4 is 0 Å². The number of rotatable bonds is 3. The third-order valence-electron chi connectivity index (χ3n) is 3.29. The van der Waals surface area contributed by atoms with Crippen molar-refractivity contribution >= 4 is 27.7 Å². The zero-order valence-corrected chi connectivity index (χ0v) is 12.6. The van der Waals surface area contributed by atoms with Gasteiger partial charge in [0.15, 0.2) is 0 Å². The van der Waals surface area contributed by atoms with Gasteiger partial charge in [-0.15, -0.1) is 0 Å². The summed E-state index contributed by atoms with van der Waals surface area (Å²) in [5, 5.41) is 8.90. The maximum atomic E-state index is 12.6. The number of aliphatic imine (C=N–C) groups is 1. The van der Waals surface area contributed by atoms with Gasteiger partial charge >= 0.3 is 0 Å². The van der Waals surface area contributed by atoms with E-state index in [9.17, 15) is 13.2 Å². The van der Waals surface area contributed by atoms with Crippen LogP contribution in [0.2, 0.25) is 5.02 Å². The molecule has 0 aromatic heterocycles. The van der Waals surface area contributed by atoms with Crippen molar-refractivity contribution in [1.82, 2.24) is 4.31 Å². The van der Waals surface area contributed by atoms with Crippen LogP contribution in [-0.4, -0.2) is 31.5 Å². The normalized spacial score (nSPS) is 19.5. The first-order valence-corrected chi connectivity index (χ1v) is 8.11. The lowest BCUT2D eigenvalue weighted by molar-refractivity contribution is 0.259. The minimum Gasteiger partial charge on any atom is -0.211 e. The summed E-state index contributed by atoms with van der Waals surface area (Å²) in [6.45, 7) is 0.288. The lowest BCUT2D eigenvalue weighted by atomic mass is 10.1. The number of nitrogens with zero attached hydrogens (tertiary/aromatic N) is 3. The standard InChI is InChI=1S/C13H12ClN3O3S/c14-12-7-11(5-4-10(12)8-15)21(19,20)17-6-2-1-3-13(17)16-9-18/h4-5,7,13H,1-3,6H2. The van der Waals surface area contributed by atoms with Crippen LogP contribution in [0.25, 0.3) is 0 Å². The summed E-state index contributed by atoms with van der Waals surface area (Å²) in [7, 11) is -3.81. The van der Waals surface area contributed by atoms with Gasteiger partial charge in [0.25, 0.3) is 0 Å². The zero-order chi connectivity index (χ0) is 15.5. The number of carbonyl (C=O) groups excluding carboxylic acids is 1. The molecule has 0 amide bonds. The van der Waals surface area contributed by atoms with Gasteiger partial charge in [0, 0.05) is 6.54 Å². The van der Waals surface area contributed by atoms with Gasteiger partial charge in [0.05, 0.1) is 15.5 Å². The first-order valence-electron chi connectivity index (χ1n) is 6.29. The molecule has 8 heteroatoms. The van der Waals surface area contributed by atoms with Crippen LogP contribution in [0.5, 0.6) is 0 Å². The maximum Gasteiger partial charge on any atom is 0.244 e. The highest BCUT2D eigenvalue weighted by atomic mass is 35.5. The molecule has 0 spiro atoms. The van der Waals surface area contributed by atoms with Gasteiger partial charge in [-0.1, -0.05) is 11.6 Å². The Morgan fingerprint density at radius 1 is 1.38 bits per heavy atom. The third kappa shape index (κ3) is 3.14. The molecule has 1 fully saturated rings. The Bertz CT molecular complexity index is 736. The van der Waals surface area contributed by atoms with Crippen LogP contribution in [0.4, 0.5) is 0 Å². The molecule has 1 aromatic carbocycles. The molecule has 0 bridgehead atoms. The molecular weight excluding hydrogens is 314 g/mol. The Morgan fingerprint density at radius 3 is 2.76 bits per heavy atom. The molecule has 0 aliphatic carbocycles. The molecule has 21 heavy (non-hydrogen) atoms. The molecule has 1 aliphatic rings. The molecular formula is C13H12ClN3O3S. The van der Waals surface area contributed by atoms with E-state index in [1.807, 2.05) is 6.07 Å². The molecule has 1 saturated heterocycles. The first-order chi connectivity index (χ1) is 10.0. The molecule has 1 atom stereocenters. The average molecular weight is 326 g/mol. The number of piperidine rings is 1. The number of isocyanates is 1. The fraction of sp³-hybridized carbons (Fsp3) is 0.385. The Hall–Kier alpha value is -1.71. The van der Waals surface area contributed by atoms with Crippen molar-refractivity contribution in [2.75, 3.05) is 6.54 Å². The van der Waals surface area contributed by atoms with Gasteiger partial charge in [-0.2, -0.15) is 14.6 Å². The van der Waals surface area contributed by atoms with E-state index in [0.29, 0.717) is 12.8 Å². The minimum absolute atomic E-state index is 0.0144. The summed E-state index contributed by atoms with van der Waals surface area (Å²) >= 11 is 5.88. The number of halogens is 1. The fourth-order valence-corrected chi connectivity index (χ4v) is 4.15. The first kappa shape index (κ1) is 15.7. The van der Waals surface area contributed by atoms with Gasteiger partial charge < -0.3 is 0 Å². The van der Waals surface area contributed by atoms with Gasteiger partial charge in [-0.05, 0) is 37.5 Å². The Balaban J connectivity index is 2.43. The summed E-state index contributed by atoms with van der Waals surface area (Å²) in [6.07, 6.45) is 2.68. The van der Waals surface area contributed by atoms with E-state index in [4.69, 9.17) is 16.9 Å². The molecule has 2 rings (SSSR count). The predicted molar refractivity (Wildman–Crippen MR) is 75.8 cm³/mol. The van der Waals surface area contributed by atoms with E-state index in [1.165, 1.54) is 28.6 Å². The molecule has 1 unspecified atom stereocenters. The molecule has 0 saturated carbocycles. The van der Waals surface area contributed by atoms with E-state index in [1.54, 1.807) is 0 Å². The van der Waals surface area contributed by atoms with Gasteiger partial charge in [-0.3, -0.25) is 0 Å². The number of hydrogen-bond acceptors (Lipinski definition) is 5. The van der Waals surface area contributed by atoms with E-state index >= 15 is 0 Å². The molecule has 0 N–H and O–H groups in total. The molecule has 6 nitrogen and oxygen atoms in total. The lowest BCUT2D eigenvalue weighted by Crippen LogP contribution is -2.42. The second-order valence-corrected chi connectivity index (χ2v) is 6.86. The number of benzene rings is 1. The number of sulfonamides is 1.